The number of aliphatic imine (C=N–C) groups is 1. The van der Waals surface area contributed by atoms with E-state index in [1.54, 1.807) is 0 Å². The topological polar surface area (TPSA) is 60.9 Å². The fourth-order valence-electron chi connectivity index (χ4n) is 6.62. The summed E-state index contributed by atoms with van der Waals surface area (Å²) >= 11 is 0. The zero-order valence-electron chi connectivity index (χ0n) is 24.8. The van der Waals surface area contributed by atoms with E-state index < -0.39 is 7.92 Å². The van der Waals surface area contributed by atoms with Crippen LogP contribution in [0.2, 0.25) is 0 Å². The number of rotatable bonds is 5. The molecule has 46 heavy (non-hydrogen) atoms. The molecule has 6 heterocycles. The van der Waals surface area contributed by atoms with Crippen LogP contribution < -0.4 is 16.2 Å². The molecular weight excluding hydrogens is 583 g/mol. The van der Waals surface area contributed by atoms with Crippen LogP contribution in [-0.4, -0.2) is 30.3 Å². The molecule has 6 nitrogen and oxygen atoms in total. The summed E-state index contributed by atoms with van der Waals surface area (Å²) in [5.74, 6) is 1.73. The van der Waals surface area contributed by atoms with Gasteiger partial charge >= 0.3 is 0 Å². The highest BCUT2D eigenvalue weighted by molar-refractivity contribution is 7.79. The number of hydrogen-bond donors (Lipinski definition) is 0. The van der Waals surface area contributed by atoms with Gasteiger partial charge in [0, 0.05) is 36.5 Å². The maximum absolute atomic E-state index is 5.40. The molecule has 0 saturated heterocycles. The van der Waals surface area contributed by atoms with Gasteiger partial charge in [0.25, 0.3) is 0 Å². The summed E-state index contributed by atoms with van der Waals surface area (Å²) in [7, 11) is -1.09. The number of allylic oxidation sites excluding steroid dienone is 1. The van der Waals surface area contributed by atoms with Crippen molar-refractivity contribution in [3.63, 3.8) is 0 Å². The van der Waals surface area contributed by atoms with Gasteiger partial charge in [0.15, 0.2) is 0 Å². The molecule has 3 aromatic carbocycles. The maximum atomic E-state index is 5.40. The molecule has 0 radical (unpaired) electrons. The third kappa shape index (κ3) is 4.30. The second kappa shape index (κ2) is 11.0. The quantitative estimate of drug-likeness (QED) is 0.194. The van der Waals surface area contributed by atoms with Gasteiger partial charge in [0.05, 0.1) is 45.5 Å². The van der Waals surface area contributed by atoms with Gasteiger partial charge in [-0.15, -0.1) is 0 Å². The Balaban J connectivity index is 1.24. The first-order valence-electron chi connectivity index (χ1n) is 15.3. The standard InChI is InChI=1S/C39H27N6P/c1-2-11-27(12-3-1)46(39-21-9-19-37(43-39)45-33-17-7-5-14-29(33)31-22-24-41-26-35(31)45)38-20-8-18-36(42-38)44-32-16-6-4-13-28(32)30-15-10-23-40-25-34(30)44/h1-14,16-26H,15H2. The first-order valence-corrected chi connectivity index (χ1v) is 16.6. The molecule has 1 unspecified atom stereocenters. The molecule has 0 amide bonds. The second-order valence-corrected chi connectivity index (χ2v) is 13.3. The summed E-state index contributed by atoms with van der Waals surface area (Å²) in [6.07, 6.45) is 10.6. The van der Waals surface area contributed by atoms with Crippen molar-refractivity contribution in [1.82, 2.24) is 24.1 Å². The van der Waals surface area contributed by atoms with Crippen molar-refractivity contribution in [1.29, 1.82) is 0 Å². The van der Waals surface area contributed by atoms with Crippen LogP contribution in [0.5, 0.6) is 0 Å². The van der Waals surface area contributed by atoms with Crippen molar-refractivity contribution >= 4 is 63.0 Å². The molecule has 9 rings (SSSR count). The molecule has 0 saturated carbocycles. The molecule has 1 aliphatic heterocycles. The smallest absolute Gasteiger partial charge is 0.138 e. The predicted molar refractivity (Wildman–Crippen MR) is 190 cm³/mol. The Morgan fingerprint density at radius 2 is 1.22 bits per heavy atom. The first-order chi connectivity index (χ1) is 22.8. The highest BCUT2D eigenvalue weighted by Gasteiger charge is 2.23. The van der Waals surface area contributed by atoms with Crippen molar-refractivity contribution in [2.45, 2.75) is 6.42 Å². The van der Waals surface area contributed by atoms with Crippen LogP contribution in [0.25, 0.3) is 44.3 Å². The molecule has 0 spiro atoms. The highest BCUT2D eigenvalue weighted by atomic mass is 31.1. The number of para-hydroxylation sites is 2. The summed E-state index contributed by atoms with van der Waals surface area (Å²) in [4.78, 5) is 19.8. The fourth-order valence-corrected chi connectivity index (χ4v) is 8.72. The third-order valence-corrected chi connectivity index (χ3v) is 10.8. The predicted octanol–water partition coefficient (Wildman–Crippen LogP) is 7.16. The average molecular weight is 611 g/mol. The van der Waals surface area contributed by atoms with Crippen LogP contribution in [0.4, 0.5) is 0 Å². The summed E-state index contributed by atoms with van der Waals surface area (Å²) in [6, 6.07) is 42.4. The van der Waals surface area contributed by atoms with Crippen molar-refractivity contribution < 1.29 is 0 Å². The SMILES string of the molecule is C1=CN=Cc2c(c3ccccc3n2-c2cccc(P(c3ccccc3)c3cccc(-n4c5ccccc5c5ccncc54)n3)n2)C1. The van der Waals surface area contributed by atoms with Gasteiger partial charge in [-0.1, -0.05) is 84.9 Å². The van der Waals surface area contributed by atoms with Gasteiger partial charge in [0.1, 0.15) is 11.6 Å². The molecule has 8 aromatic rings. The van der Waals surface area contributed by atoms with Gasteiger partial charge in [-0.05, 0) is 59.8 Å². The van der Waals surface area contributed by atoms with E-state index in [0.717, 1.165) is 56.6 Å². The summed E-state index contributed by atoms with van der Waals surface area (Å²) in [6.45, 7) is 0. The molecule has 218 valence electrons. The van der Waals surface area contributed by atoms with Crippen LogP contribution in [0.15, 0.2) is 151 Å². The van der Waals surface area contributed by atoms with Crippen LogP contribution in [0.1, 0.15) is 11.3 Å². The minimum Gasteiger partial charge on any atom is -0.293 e. The average Bonchev–Trinajstić information content (AvgIpc) is 3.50. The van der Waals surface area contributed by atoms with E-state index in [0.29, 0.717) is 0 Å². The van der Waals surface area contributed by atoms with E-state index in [2.05, 4.69) is 147 Å². The highest BCUT2D eigenvalue weighted by Crippen LogP contribution is 2.35. The molecule has 0 aliphatic carbocycles. The van der Waals surface area contributed by atoms with Crippen molar-refractivity contribution in [3.05, 3.63) is 157 Å². The van der Waals surface area contributed by atoms with E-state index in [1.165, 1.54) is 21.6 Å². The van der Waals surface area contributed by atoms with Crippen LogP contribution in [-0.2, 0) is 6.42 Å². The Bertz CT molecular complexity index is 2420. The summed E-state index contributed by atoms with van der Waals surface area (Å²) in [5, 5.41) is 4.76. The van der Waals surface area contributed by atoms with E-state index in [-0.39, 0.29) is 0 Å². The Morgan fingerprint density at radius 3 is 2.00 bits per heavy atom. The molecule has 0 fully saturated rings. The minimum absolute atomic E-state index is 0.828. The van der Waals surface area contributed by atoms with Crippen LogP contribution >= 0.6 is 7.92 Å². The number of aromatic nitrogens is 5. The Morgan fingerprint density at radius 1 is 0.565 bits per heavy atom. The molecule has 0 N–H and O–H groups in total. The Labute approximate surface area is 266 Å². The maximum Gasteiger partial charge on any atom is 0.138 e. The van der Waals surface area contributed by atoms with E-state index >= 15 is 0 Å². The minimum atomic E-state index is -1.09. The number of nitrogens with zero attached hydrogens (tertiary/aromatic N) is 6. The van der Waals surface area contributed by atoms with Crippen LogP contribution in [0, 0.1) is 0 Å². The molecule has 7 heteroatoms. The normalized spacial score (nSPS) is 13.3. The van der Waals surface area contributed by atoms with Crippen molar-refractivity contribution in [2.75, 3.05) is 0 Å². The monoisotopic (exact) mass is 610 g/mol. The van der Waals surface area contributed by atoms with Gasteiger partial charge < -0.3 is 0 Å². The second-order valence-electron chi connectivity index (χ2n) is 11.2. The third-order valence-electron chi connectivity index (χ3n) is 8.58. The van der Waals surface area contributed by atoms with E-state index in [9.17, 15) is 0 Å². The first kappa shape index (κ1) is 26.7. The van der Waals surface area contributed by atoms with Gasteiger partial charge in [-0.25, -0.2) is 9.97 Å². The lowest BCUT2D eigenvalue weighted by Gasteiger charge is -2.19. The largest absolute Gasteiger partial charge is 0.293 e. The summed E-state index contributed by atoms with van der Waals surface area (Å²) in [5.41, 5.74) is 7.58. The zero-order chi connectivity index (χ0) is 30.5. The van der Waals surface area contributed by atoms with Crippen LogP contribution in [0.3, 0.4) is 0 Å². The van der Waals surface area contributed by atoms with Gasteiger partial charge in [-0.2, -0.15) is 0 Å². The number of pyridine rings is 3. The number of hydrogen-bond acceptors (Lipinski definition) is 4. The van der Waals surface area contributed by atoms with E-state index in [1.807, 2.05) is 24.8 Å². The molecule has 1 atom stereocenters. The molecule has 1 aliphatic rings. The lowest BCUT2D eigenvalue weighted by atomic mass is 10.1. The Hall–Kier alpha value is -5.71. The number of fused-ring (bicyclic) bond motifs is 6. The summed E-state index contributed by atoms with van der Waals surface area (Å²) < 4.78 is 4.47. The van der Waals surface area contributed by atoms with Crippen molar-refractivity contribution in [2.24, 2.45) is 4.99 Å². The lowest BCUT2D eigenvalue weighted by Crippen LogP contribution is -2.26. The fraction of sp³-hybridized carbons (Fsp3) is 0.0256. The number of benzene rings is 3. The molecule has 5 aromatic heterocycles. The molecular formula is C39H27N6P. The van der Waals surface area contributed by atoms with Gasteiger partial charge in [0.2, 0.25) is 0 Å². The lowest BCUT2D eigenvalue weighted by molar-refractivity contribution is 1.03. The zero-order valence-corrected chi connectivity index (χ0v) is 25.7. The van der Waals surface area contributed by atoms with E-state index in [4.69, 9.17) is 9.97 Å². The molecule has 0 bridgehead atoms. The Kier molecular flexibility index (Phi) is 6.39. The van der Waals surface area contributed by atoms with Gasteiger partial charge in [-0.3, -0.25) is 19.1 Å². The van der Waals surface area contributed by atoms with Crippen molar-refractivity contribution in [3.8, 4) is 11.6 Å².